The first-order valence-electron chi connectivity index (χ1n) is 7.92. The van der Waals surface area contributed by atoms with Gasteiger partial charge in [0, 0.05) is 20.3 Å². The van der Waals surface area contributed by atoms with Crippen LogP contribution in [0.15, 0.2) is 24.3 Å². The molecule has 1 heterocycles. The molecule has 25 heavy (non-hydrogen) atoms. The van der Waals surface area contributed by atoms with Gasteiger partial charge < -0.3 is 14.7 Å². The summed E-state index contributed by atoms with van der Waals surface area (Å²) in [6.07, 6.45) is 0.848. The summed E-state index contributed by atoms with van der Waals surface area (Å²) in [6.45, 7) is 0.0817. The summed E-state index contributed by atoms with van der Waals surface area (Å²) in [5.41, 5.74) is 1.46. The SMILES string of the molecule is COCCCS(=O)(=O)NCC(=O)N1CCc2ccccc2C1C(=O)O. The number of amides is 1. The van der Waals surface area contributed by atoms with Crippen LogP contribution in [0.3, 0.4) is 0 Å². The highest BCUT2D eigenvalue weighted by atomic mass is 32.2. The van der Waals surface area contributed by atoms with Crippen LogP contribution in [0, 0.1) is 0 Å². The van der Waals surface area contributed by atoms with Gasteiger partial charge in [-0.05, 0) is 24.0 Å². The van der Waals surface area contributed by atoms with E-state index in [2.05, 4.69) is 4.72 Å². The van der Waals surface area contributed by atoms with Gasteiger partial charge in [-0.25, -0.2) is 17.9 Å². The first-order valence-corrected chi connectivity index (χ1v) is 9.57. The van der Waals surface area contributed by atoms with E-state index in [1.807, 2.05) is 12.1 Å². The number of sulfonamides is 1. The third-order valence-electron chi connectivity index (χ3n) is 4.04. The lowest BCUT2D eigenvalue weighted by atomic mass is 9.92. The maximum absolute atomic E-state index is 12.4. The van der Waals surface area contributed by atoms with E-state index in [9.17, 15) is 23.1 Å². The number of hydrogen-bond donors (Lipinski definition) is 2. The number of ether oxygens (including phenoxy) is 1. The molecule has 2 N–H and O–H groups in total. The molecule has 8 nitrogen and oxygen atoms in total. The third-order valence-corrected chi connectivity index (χ3v) is 5.45. The Bertz CT molecular complexity index is 734. The minimum atomic E-state index is -3.61. The van der Waals surface area contributed by atoms with Crippen molar-refractivity contribution in [3.05, 3.63) is 35.4 Å². The maximum Gasteiger partial charge on any atom is 0.331 e. The van der Waals surface area contributed by atoms with Crippen molar-refractivity contribution >= 4 is 21.9 Å². The molecule has 1 amide bonds. The van der Waals surface area contributed by atoms with Gasteiger partial charge in [0.1, 0.15) is 0 Å². The summed E-state index contributed by atoms with van der Waals surface area (Å²) < 4.78 is 30.7. The predicted octanol–water partition coefficient (Wildman–Crippen LogP) is 0.153. The molecule has 1 aliphatic heterocycles. The summed E-state index contributed by atoms with van der Waals surface area (Å²) in [5.74, 6) is -1.85. The average Bonchev–Trinajstić information content (AvgIpc) is 2.58. The van der Waals surface area contributed by atoms with Crippen molar-refractivity contribution in [2.75, 3.05) is 32.6 Å². The summed E-state index contributed by atoms with van der Waals surface area (Å²) >= 11 is 0. The molecule has 0 saturated heterocycles. The Balaban J connectivity index is 2.05. The molecule has 1 aliphatic rings. The van der Waals surface area contributed by atoms with Crippen LogP contribution in [0.1, 0.15) is 23.6 Å². The summed E-state index contributed by atoms with van der Waals surface area (Å²) in [6, 6.07) is 5.97. The Labute approximate surface area is 146 Å². The fourth-order valence-corrected chi connectivity index (χ4v) is 3.83. The number of carboxylic acids is 1. The average molecular weight is 370 g/mol. The van der Waals surface area contributed by atoms with Crippen LogP contribution >= 0.6 is 0 Å². The third kappa shape index (κ3) is 5.00. The minimum Gasteiger partial charge on any atom is -0.479 e. The molecule has 1 aromatic rings. The molecular weight excluding hydrogens is 348 g/mol. The number of carbonyl (C=O) groups excluding carboxylic acids is 1. The highest BCUT2D eigenvalue weighted by molar-refractivity contribution is 7.89. The number of carbonyl (C=O) groups is 2. The Morgan fingerprint density at radius 2 is 2.08 bits per heavy atom. The molecular formula is C16H22N2O6S. The Hall–Kier alpha value is -1.97. The van der Waals surface area contributed by atoms with E-state index in [-0.39, 0.29) is 12.3 Å². The number of nitrogens with one attached hydrogen (secondary N) is 1. The number of hydrogen-bond acceptors (Lipinski definition) is 5. The molecule has 0 bridgehead atoms. The van der Waals surface area contributed by atoms with Crippen molar-refractivity contribution in [3.8, 4) is 0 Å². The molecule has 2 rings (SSSR count). The highest BCUT2D eigenvalue weighted by Gasteiger charge is 2.35. The van der Waals surface area contributed by atoms with E-state index in [0.717, 1.165) is 5.56 Å². The van der Waals surface area contributed by atoms with E-state index < -0.39 is 34.5 Å². The number of nitrogens with zero attached hydrogens (tertiary/aromatic N) is 1. The zero-order valence-electron chi connectivity index (χ0n) is 14.0. The quantitative estimate of drug-likeness (QED) is 0.630. The standard InChI is InChI=1S/C16H22N2O6S/c1-24-9-4-10-25(22,23)17-11-14(19)18-8-7-12-5-2-3-6-13(12)15(18)16(20)21/h2-3,5-6,15,17H,4,7-11H2,1H3,(H,20,21). The van der Waals surface area contributed by atoms with Crippen molar-refractivity contribution in [2.45, 2.75) is 18.9 Å². The van der Waals surface area contributed by atoms with Crippen molar-refractivity contribution < 1.29 is 27.9 Å². The topological polar surface area (TPSA) is 113 Å². The second-order valence-corrected chi connectivity index (χ2v) is 7.69. The second-order valence-electron chi connectivity index (χ2n) is 5.76. The van der Waals surface area contributed by atoms with E-state index in [1.165, 1.54) is 12.0 Å². The number of fused-ring (bicyclic) bond motifs is 1. The lowest BCUT2D eigenvalue weighted by Crippen LogP contribution is -2.47. The van der Waals surface area contributed by atoms with E-state index in [1.54, 1.807) is 12.1 Å². The Morgan fingerprint density at radius 3 is 2.76 bits per heavy atom. The van der Waals surface area contributed by atoms with Crippen LogP contribution in [-0.4, -0.2) is 62.9 Å². The fraction of sp³-hybridized carbons (Fsp3) is 0.500. The summed E-state index contributed by atoms with van der Waals surface area (Å²) in [5, 5.41) is 9.53. The molecule has 138 valence electrons. The van der Waals surface area contributed by atoms with Crippen molar-refractivity contribution in [1.82, 2.24) is 9.62 Å². The first kappa shape index (κ1) is 19.4. The van der Waals surface area contributed by atoms with Crippen LogP contribution < -0.4 is 4.72 Å². The lowest BCUT2D eigenvalue weighted by molar-refractivity contribution is -0.150. The van der Waals surface area contributed by atoms with Gasteiger partial charge in [-0.1, -0.05) is 24.3 Å². The van der Waals surface area contributed by atoms with Gasteiger partial charge in [0.15, 0.2) is 6.04 Å². The minimum absolute atomic E-state index is 0.153. The van der Waals surface area contributed by atoms with Gasteiger partial charge in [-0.3, -0.25) is 4.79 Å². The maximum atomic E-state index is 12.4. The molecule has 9 heteroatoms. The van der Waals surface area contributed by atoms with E-state index in [4.69, 9.17) is 4.74 Å². The molecule has 0 saturated carbocycles. The first-order chi connectivity index (χ1) is 11.9. The van der Waals surface area contributed by atoms with E-state index in [0.29, 0.717) is 25.0 Å². The van der Waals surface area contributed by atoms with Gasteiger partial charge in [-0.2, -0.15) is 0 Å². The van der Waals surface area contributed by atoms with Gasteiger partial charge in [0.05, 0.1) is 12.3 Å². The normalized spacial score (nSPS) is 17.2. The number of aliphatic carboxylic acids is 1. The van der Waals surface area contributed by atoms with Gasteiger partial charge in [0.2, 0.25) is 15.9 Å². The highest BCUT2D eigenvalue weighted by Crippen LogP contribution is 2.29. The zero-order chi connectivity index (χ0) is 18.4. The zero-order valence-corrected chi connectivity index (χ0v) is 14.8. The fourth-order valence-electron chi connectivity index (χ4n) is 2.84. The lowest BCUT2D eigenvalue weighted by Gasteiger charge is -2.34. The number of carboxylic acid groups (broad SMARTS) is 1. The molecule has 0 aliphatic carbocycles. The molecule has 1 atom stereocenters. The van der Waals surface area contributed by atoms with E-state index >= 15 is 0 Å². The molecule has 1 aromatic carbocycles. The van der Waals surface area contributed by atoms with Crippen molar-refractivity contribution in [2.24, 2.45) is 0 Å². The molecule has 0 aromatic heterocycles. The van der Waals surface area contributed by atoms with Gasteiger partial charge in [-0.15, -0.1) is 0 Å². The Kier molecular flexibility index (Phi) is 6.51. The Morgan fingerprint density at radius 1 is 1.36 bits per heavy atom. The molecule has 0 radical (unpaired) electrons. The van der Waals surface area contributed by atoms with Crippen LogP contribution in [0.25, 0.3) is 0 Å². The smallest absolute Gasteiger partial charge is 0.331 e. The number of rotatable bonds is 8. The summed E-state index contributed by atoms with van der Waals surface area (Å²) in [4.78, 5) is 25.3. The number of benzene rings is 1. The largest absolute Gasteiger partial charge is 0.479 e. The van der Waals surface area contributed by atoms with Gasteiger partial charge >= 0.3 is 5.97 Å². The van der Waals surface area contributed by atoms with Crippen LogP contribution in [-0.2, 0) is 30.8 Å². The second kappa shape index (κ2) is 8.41. The monoisotopic (exact) mass is 370 g/mol. The van der Waals surface area contributed by atoms with Crippen LogP contribution in [0.4, 0.5) is 0 Å². The van der Waals surface area contributed by atoms with Crippen LogP contribution in [0.5, 0.6) is 0 Å². The molecule has 0 fully saturated rings. The molecule has 1 unspecified atom stereocenters. The van der Waals surface area contributed by atoms with Crippen molar-refractivity contribution in [1.29, 1.82) is 0 Å². The summed E-state index contributed by atoms with van der Waals surface area (Å²) in [7, 11) is -2.13. The van der Waals surface area contributed by atoms with Crippen molar-refractivity contribution in [3.63, 3.8) is 0 Å². The predicted molar refractivity (Wildman–Crippen MR) is 90.5 cm³/mol. The van der Waals surface area contributed by atoms with Crippen LogP contribution in [0.2, 0.25) is 0 Å². The number of methoxy groups -OCH3 is 1. The molecule has 0 spiro atoms. The van der Waals surface area contributed by atoms with Gasteiger partial charge in [0.25, 0.3) is 0 Å².